The van der Waals surface area contributed by atoms with E-state index in [4.69, 9.17) is 21.1 Å². The summed E-state index contributed by atoms with van der Waals surface area (Å²) in [6.07, 6.45) is 2.87. The van der Waals surface area contributed by atoms with Crippen LogP contribution < -0.4 is 20.1 Å². The fraction of sp³-hybridized carbons (Fsp3) is 0.150. The predicted molar refractivity (Wildman–Crippen MR) is 109 cm³/mol. The minimum absolute atomic E-state index is 0.297. The van der Waals surface area contributed by atoms with Gasteiger partial charge in [-0.25, -0.2) is 9.97 Å². The van der Waals surface area contributed by atoms with Crippen LogP contribution in [0.4, 0.5) is 17.3 Å². The number of hydrogen-bond donors (Lipinski definition) is 2. The Morgan fingerprint density at radius 1 is 1.07 bits per heavy atom. The fourth-order valence-electron chi connectivity index (χ4n) is 2.45. The van der Waals surface area contributed by atoms with Crippen LogP contribution in [0.25, 0.3) is 0 Å². The number of carbonyl (C=O) groups excluding carboxylic acids is 1. The Kier molecular flexibility index (Phi) is 6.29. The number of benzene rings is 2. The van der Waals surface area contributed by atoms with Gasteiger partial charge in [-0.2, -0.15) is 0 Å². The van der Waals surface area contributed by atoms with E-state index in [2.05, 4.69) is 20.6 Å². The minimum Gasteiger partial charge on any atom is -0.495 e. The normalized spacial score (nSPS) is 10.2. The molecule has 0 radical (unpaired) electrons. The lowest BCUT2D eigenvalue weighted by Gasteiger charge is -2.12. The molecule has 3 rings (SSSR count). The van der Waals surface area contributed by atoms with Crippen LogP contribution in [0.3, 0.4) is 0 Å². The van der Waals surface area contributed by atoms with Crippen molar-refractivity contribution in [2.75, 3.05) is 24.4 Å². The highest BCUT2D eigenvalue weighted by molar-refractivity contribution is 6.31. The summed E-state index contributed by atoms with van der Waals surface area (Å²) >= 11 is 5.99. The number of methoxy groups -OCH3 is 1. The molecule has 28 heavy (non-hydrogen) atoms. The maximum Gasteiger partial charge on any atom is 0.258 e. The number of amides is 1. The molecule has 0 unspecified atom stereocenters. The summed E-state index contributed by atoms with van der Waals surface area (Å²) in [5.41, 5.74) is 1.50. The summed E-state index contributed by atoms with van der Waals surface area (Å²) in [5.74, 6) is 1.18. The Bertz CT molecular complexity index is 964. The molecule has 0 aliphatic carbocycles. The number of aromatic nitrogens is 2. The van der Waals surface area contributed by atoms with Crippen LogP contribution in [0.5, 0.6) is 11.5 Å². The van der Waals surface area contributed by atoms with Gasteiger partial charge in [0, 0.05) is 17.4 Å². The summed E-state index contributed by atoms with van der Waals surface area (Å²) in [5, 5.41) is 6.31. The van der Waals surface area contributed by atoms with Gasteiger partial charge in [0.1, 0.15) is 11.5 Å². The van der Waals surface area contributed by atoms with Crippen LogP contribution in [0, 0.1) is 0 Å². The number of nitrogens with one attached hydrogen (secondary N) is 2. The van der Waals surface area contributed by atoms with Crippen molar-refractivity contribution >= 4 is 34.8 Å². The predicted octanol–water partition coefficient (Wildman–Crippen LogP) is 4.53. The summed E-state index contributed by atoms with van der Waals surface area (Å²) < 4.78 is 10.8. The van der Waals surface area contributed by atoms with Crippen molar-refractivity contribution in [2.45, 2.75) is 6.92 Å². The highest BCUT2D eigenvalue weighted by Gasteiger charge is 2.12. The second-order valence-corrected chi connectivity index (χ2v) is 6.08. The smallest absolute Gasteiger partial charge is 0.258 e. The Labute approximate surface area is 167 Å². The zero-order valence-corrected chi connectivity index (χ0v) is 16.2. The lowest BCUT2D eigenvalue weighted by molar-refractivity contribution is 0.102. The number of carbonyl (C=O) groups is 1. The van der Waals surface area contributed by atoms with Crippen molar-refractivity contribution < 1.29 is 14.3 Å². The Hall–Kier alpha value is -3.32. The van der Waals surface area contributed by atoms with Gasteiger partial charge in [-0.05, 0) is 37.3 Å². The molecule has 0 aliphatic rings. The standard InChI is InChI=1S/C20H19ClN4O3/c1-3-28-18-7-5-4-6-15(18)25-20-22-11-13(12-23-20)19(26)24-16-10-14(21)8-9-17(16)27-2/h4-12H,3H2,1-2H3,(H,24,26)(H,22,23,25). The van der Waals surface area contributed by atoms with E-state index in [9.17, 15) is 4.79 Å². The summed E-state index contributed by atoms with van der Waals surface area (Å²) in [7, 11) is 1.52. The van der Waals surface area contributed by atoms with Gasteiger partial charge >= 0.3 is 0 Å². The summed E-state index contributed by atoms with van der Waals surface area (Å²) in [6, 6.07) is 12.4. The van der Waals surface area contributed by atoms with Gasteiger partial charge < -0.3 is 20.1 Å². The van der Waals surface area contributed by atoms with E-state index in [0.29, 0.717) is 40.3 Å². The van der Waals surface area contributed by atoms with Gasteiger partial charge in [0.25, 0.3) is 5.91 Å². The summed E-state index contributed by atoms with van der Waals surface area (Å²) in [6.45, 7) is 2.46. The van der Waals surface area contributed by atoms with Crippen LogP contribution in [0.15, 0.2) is 54.9 Å². The third kappa shape index (κ3) is 4.69. The molecule has 0 spiro atoms. The lowest BCUT2D eigenvalue weighted by atomic mass is 10.2. The van der Waals surface area contributed by atoms with Crippen molar-refractivity contribution in [3.05, 3.63) is 65.4 Å². The first-order chi connectivity index (χ1) is 13.6. The Morgan fingerprint density at radius 3 is 2.54 bits per heavy atom. The molecule has 0 atom stereocenters. The molecule has 1 aromatic heterocycles. The van der Waals surface area contributed by atoms with E-state index in [1.54, 1.807) is 18.2 Å². The number of ether oxygens (including phenoxy) is 2. The molecule has 0 fully saturated rings. The zero-order valence-electron chi connectivity index (χ0n) is 15.4. The number of halogens is 1. The second kappa shape index (κ2) is 9.05. The highest BCUT2D eigenvalue weighted by atomic mass is 35.5. The molecule has 8 heteroatoms. The van der Waals surface area contributed by atoms with Crippen LogP contribution >= 0.6 is 11.6 Å². The zero-order chi connectivity index (χ0) is 19.9. The minimum atomic E-state index is -0.373. The largest absolute Gasteiger partial charge is 0.495 e. The van der Waals surface area contributed by atoms with E-state index in [-0.39, 0.29) is 5.91 Å². The maximum atomic E-state index is 12.5. The van der Waals surface area contributed by atoms with Crippen LogP contribution in [-0.4, -0.2) is 29.6 Å². The molecule has 0 aliphatic heterocycles. The lowest BCUT2D eigenvalue weighted by Crippen LogP contribution is -2.14. The molecule has 2 N–H and O–H groups in total. The van der Waals surface area contributed by atoms with Crippen molar-refractivity contribution in [3.8, 4) is 11.5 Å². The topological polar surface area (TPSA) is 85.4 Å². The Balaban J connectivity index is 1.72. The number of rotatable bonds is 7. The van der Waals surface area contributed by atoms with Crippen molar-refractivity contribution in [3.63, 3.8) is 0 Å². The highest BCUT2D eigenvalue weighted by Crippen LogP contribution is 2.28. The van der Waals surface area contributed by atoms with Gasteiger partial charge in [-0.15, -0.1) is 0 Å². The van der Waals surface area contributed by atoms with Crippen molar-refractivity contribution in [1.29, 1.82) is 0 Å². The monoisotopic (exact) mass is 398 g/mol. The molecule has 1 amide bonds. The van der Waals surface area contributed by atoms with Gasteiger partial charge in [0.15, 0.2) is 0 Å². The molecule has 0 saturated heterocycles. The van der Waals surface area contributed by atoms with Gasteiger partial charge in [0.05, 0.1) is 30.7 Å². The molecule has 2 aromatic carbocycles. The summed E-state index contributed by atoms with van der Waals surface area (Å²) in [4.78, 5) is 20.9. The van der Waals surface area contributed by atoms with Crippen LogP contribution in [0.1, 0.15) is 17.3 Å². The quantitative estimate of drug-likeness (QED) is 0.608. The first kappa shape index (κ1) is 19.4. The average molecular weight is 399 g/mol. The number of hydrogen-bond acceptors (Lipinski definition) is 6. The third-order valence-corrected chi connectivity index (χ3v) is 3.99. The van der Waals surface area contributed by atoms with Gasteiger partial charge in [-0.1, -0.05) is 23.7 Å². The fourth-order valence-corrected chi connectivity index (χ4v) is 2.63. The van der Waals surface area contributed by atoms with E-state index in [0.717, 1.165) is 5.69 Å². The van der Waals surface area contributed by atoms with E-state index in [1.165, 1.54) is 19.5 Å². The second-order valence-electron chi connectivity index (χ2n) is 5.65. The molecular formula is C20H19ClN4O3. The van der Waals surface area contributed by atoms with Crippen LogP contribution in [-0.2, 0) is 0 Å². The number of para-hydroxylation sites is 2. The average Bonchev–Trinajstić information content (AvgIpc) is 2.70. The van der Waals surface area contributed by atoms with Gasteiger partial charge in [-0.3, -0.25) is 4.79 Å². The number of nitrogens with zero attached hydrogens (tertiary/aromatic N) is 2. The number of anilines is 3. The van der Waals surface area contributed by atoms with Crippen LogP contribution in [0.2, 0.25) is 5.02 Å². The molecule has 0 saturated carbocycles. The van der Waals surface area contributed by atoms with Crippen molar-refractivity contribution in [1.82, 2.24) is 9.97 Å². The Morgan fingerprint density at radius 2 is 1.82 bits per heavy atom. The molecule has 0 bridgehead atoms. The third-order valence-electron chi connectivity index (χ3n) is 3.76. The molecule has 144 valence electrons. The van der Waals surface area contributed by atoms with E-state index in [1.807, 2.05) is 31.2 Å². The molecule has 1 heterocycles. The van der Waals surface area contributed by atoms with E-state index >= 15 is 0 Å². The first-order valence-electron chi connectivity index (χ1n) is 8.56. The van der Waals surface area contributed by atoms with E-state index < -0.39 is 0 Å². The first-order valence-corrected chi connectivity index (χ1v) is 8.94. The molecule has 3 aromatic rings. The molecule has 7 nitrogen and oxygen atoms in total. The SMILES string of the molecule is CCOc1ccccc1Nc1ncc(C(=O)Nc2cc(Cl)ccc2OC)cn1. The van der Waals surface area contributed by atoms with Crippen molar-refractivity contribution in [2.24, 2.45) is 0 Å². The molecular weight excluding hydrogens is 380 g/mol. The van der Waals surface area contributed by atoms with Gasteiger partial charge in [0.2, 0.25) is 5.95 Å². The maximum absolute atomic E-state index is 12.5.